The normalized spacial score (nSPS) is 33.2. The molecule has 33 heavy (non-hydrogen) atoms. The van der Waals surface area contributed by atoms with E-state index in [4.69, 9.17) is 4.74 Å². The molecule has 3 aliphatic carbocycles. The van der Waals surface area contributed by atoms with Gasteiger partial charge in [-0.25, -0.2) is 0 Å². The number of nitrogens with one attached hydrogen (secondary N) is 1. The molecule has 1 N–H and O–H groups in total. The molecule has 0 spiro atoms. The molecule has 0 bridgehead atoms. The summed E-state index contributed by atoms with van der Waals surface area (Å²) in [6, 6.07) is 12.7. The van der Waals surface area contributed by atoms with Crippen LogP contribution < -0.4 is 10.1 Å². The summed E-state index contributed by atoms with van der Waals surface area (Å²) < 4.78 is 44.8. The average molecular weight is 458 g/mol. The van der Waals surface area contributed by atoms with Crippen molar-refractivity contribution in [1.82, 2.24) is 5.32 Å². The van der Waals surface area contributed by atoms with Gasteiger partial charge >= 0.3 is 6.18 Å². The molecule has 0 unspecified atom stereocenters. The molecule has 2 nitrogen and oxygen atoms in total. The number of fused-ring (bicyclic) bond motifs is 5. The molecule has 5 rings (SSSR count). The lowest BCUT2D eigenvalue weighted by Crippen LogP contribution is -2.50. The first kappa shape index (κ1) is 22.8. The molecule has 6 atom stereocenters. The summed E-state index contributed by atoms with van der Waals surface area (Å²) in [6.07, 6.45) is 1.46. The Morgan fingerprint density at radius 1 is 1.09 bits per heavy atom. The number of hydrogen-bond donors (Lipinski definition) is 1. The molecule has 3 aliphatic rings. The summed E-state index contributed by atoms with van der Waals surface area (Å²) >= 11 is 0. The van der Waals surface area contributed by atoms with Gasteiger partial charge in [0, 0.05) is 12.6 Å². The van der Waals surface area contributed by atoms with Crippen molar-refractivity contribution in [1.29, 1.82) is 0 Å². The van der Waals surface area contributed by atoms with Gasteiger partial charge in [0.05, 0.1) is 12.7 Å². The van der Waals surface area contributed by atoms with Gasteiger partial charge in [0.2, 0.25) is 0 Å². The molecule has 0 radical (unpaired) electrons. The van der Waals surface area contributed by atoms with Crippen molar-refractivity contribution in [3.8, 4) is 5.75 Å². The maximum atomic E-state index is 13.1. The molecule has 0 aromatic heterocycles. The van der Waals surface area contributed by atoms with Crippen LogP contribution in [0.2, 0.25) is 0 Å². The fourth-order valence-electron chi connectivity index (χ4n) is 7.52. The lowest BCUT2D eigenvalue weighted by atomic mass is 9.52. The summed E-state index contributed by atoms with van der Waals surface area (Å²) in [7, 11) is 1.73. The van der Waals surface area contributed by atoms with Crippen molar-refractivity contribution >= 4 is 0 Å². The summed E-state index contributed by atoms with van der Waals surface area (Å²) in [5.41, 5.74) is 3.30. The second-order valence-corrected chi connectivity index (χ2v) is 10.8. The second kappa shape index (κ2) is 8.33. The highest BCUT2D eigenvalue weighted by Gasteiger charge is 2.56. The van der Waals surface area contributed by atoms with Crippen molar-refractivity contribution in [2.75, 3.05) is 7.11 Å². The largest absolute Gasteiger partial charge is 0.497 e. The predicted molar refractivity (Wildman–Crippen MR) is 124 cm³/mol. The Kier molecular flexibility index (Phi) is 5.75. The molecule has 0 heterocycles. The van der Waals surface area contributed by atoms with E-state index in [0.717, 1.165) is 31.1 Å². The molecule has 178 valence electrons. The second-order valence-electron chi connectivity index (χ2n) is 10.8. The third kappa shape index (κ3) is 3.96. The third-order valence-electron chi connectivity index (χ3n) is 9.09. The number of methoxy groups -OCH3 is 1. The molecular formula is C28H34F3NO. The number of benzene rings is 2. The van der Waals surface area contributed by atoms with Gasteiger partial charge in [-0.3, -0.25) is 0 Å². The van der Waals surface area contributed by atoms with Crippen LogP contribution in [0.4, 0.5) is 13.2 Å². The van der Waals surface area contributed by atoms with Gasteiger partial charge in [0.1, 0.15) is 5.75 Å². The number of ether oxygens (including phenoxy) is 1. The van der Waals surface area contributed by atoms with Crippen LogP contribution in [-0.4, -0.2) is 13.2 Å². The SMILES string of the molecule is COc1ccc2c(c1)C[C@@H](C)[C@@H]1[C@@H]2CC[C@]2(C)[C@@H](NCc3cccc(C(F)(F)F)c3)CC[C@@H]12. The van der Waals surface area contributed by atoms with E-state index in [1.807, 2.05) is 0 Å². The van der Waals surface area contributed by atoms with Crippen LogP contribution in [-0.2, 0) is 19.1 Å². The Bertz CT molecular complexity index is 1020. The van der Waals surface area contributed by atoms with Crippen LogP contribution in [0.25, 0.3) is 0 Å². The molecule has 2 aromatic carbocycles. The lowest BCUT2D eigenvalue weighted by Gasteiger charge is -2.53. The Morgan fingerprint density at radius 3 is 2.67 bits per heavy atom. The van der Waals surface area contributed by atoms with Gasteiger partial charge in [0.15, 0.2) is 0 Å². The number of halogens is 3. The van der Waals surface area contributed by atoms with E-state index in [9.17, 15) is 13.2 Å². The third-order valence-corrected chi connectivity index (χ3v) is 9.09. The van der Waals surface area contributed by atoms with E-state index in [2.05, 4.69) is 37.4 Å². The number of rotatable bonds is 4. The van der Waals surface area contributed by atoms with Crippen LogP contribution in [0, 0.1) is 23.2 Å². The first-order valence-corrected chi connectivity index (χ1v) is 12.3. The van der Waals surface area contributed by atoms with E-state index in [1.54, 1.807) is 13.2 Å². The Labute approximate surface area is 194 Å². The standard InChI is InChI=1S/C28H34F3NO/c1-17-13-19-15-21(33-3)7-8-22(19)23-11-12-27(2)24(26(17)23)9-10-25(27)32-16-18-5-4-6-20(14-18)28(29,30)31/h4-8,14-15,17,23-26,32H,9-13,16H2,1-3H3/t17-,23-,24+,25+,26-,27+/m1/s1. The van der Waals surface area contributed by atoms with Crippen molar-refractivity contribution < 1.29 is 17.9 Å². The molecule has 0 saturated heterocycles. The minimum Gasteiger partial charge on any atom is -0.497 e. The summed E-state index contributed by atoms with van der Waals surface area (Å²) in [5, 5.41) is 3.68. The van der Waals surface area contributed by atoms with Crippen LogP contribution >= 0.6 is 0 Å². The number of hydrogen-bond acceptors (Lipinski definition) is 2. The molecule has 2 aromatic rings. The van der Waals surface area contributed by atoms with E-state index in [1.165, 1.54) is 36.1 Å². The van der Waals surface area contributed by atoms with Gasteiger partial charge in [0.25, 0.3) is 0 Å². The summed E-state index contributed by atoms with van der Waals surface area (Å²) in [5.74, 6) is 3.50. The van der Waals surface area contributed by atoms with E-state index >= 15 is 0 Å². The van der Waals surface area contributed by atoms with Crippen molar-refractivity contribution in [3.63, 3.8) is 0 Å². The van der Waals surface area contributed by atoms with Gasteiger partial charge in [-0.2, -0.15) is 13.2 Å². The average Bonchev–Trinajstić information content (AvgIpc) is 3.12. The maximum Gasteiger partial charge on any atom is 0.416 e. The fraction of sp³-hybridized carbons (Fsp3) is 0.571. The molecule has 0 aliphatic heterocycles. The molecule has 5 heteroatoms. The minimum absolute atomic E-state index is 0.195. The highest BCUT2D eigenvalue weighted by Crippen LogP contribution is 2.62. The van der Waals surface area contributed by atoms with Crippen molar-refractivity contribution in [2.45, 2.75) is 70.6 Å². The number of alkyl halides is 3. The van der Waals surface area contributed by atoms with Crippen molar-refractivity contribution in [3.05, 3.63) is 64.7 Å². The van der Waals surface area contributed by atoms with Crippen LogP contribution in [0.5, 0.6) is 5.75 Å². The van der Waals surface area contributed by atoms with E-state index in [0.29, 0.717) is 41.8 Å². The van der Waals surface area contributed by atoms with Crippen LogP contribution in [0.3, 0.4) is 0 Å². The van der Waals surface area contributed by atoms with Crippen molar-refractivity contribution in [2.24, 2.45) is 23.2 Å². The smallest absolute Gasteiger partial charge is 0.416 e. The van der Waals surface area contributed by atoms with Gasteiger partial charge < -0.3 is 10.1 Å². The van der Waals surface area contributed by atoms with Gasteiger partial charge in [-0.1, -0.05) is 38.1 Å². The van der Waals surface area contributed by atoms with Crippen LogP contribution in [0.15, 0.2) is 42.5 Å². The topological polar surface area (TPSA) is 21.3 Å². The highest BCUT2D eigenvalue weighted by atomic mass is 19.4. The van der Waals surface area contributed by atoms with E-state index < -0.39 is 11.7 Å². The zero-order chi connectivity index (χ0) is 23.4. The summed E-state index contributed by atoms with van der Waals surface area (Å²) in [6.45, 7) is 5.33. The first-order chi connectivity index (χ1) is 15.7. The quantitative estimate of drug-likeness (QED) is 0.535. The van der Waals surface area contributed by atoms with Gasteiger partial charge in [-0.15, -0.1) is 0 Å². The Balaban J connectivity index is 1.33. The maximum absolute atomic E-state index is 13.1. The van der Waals surface area contributed by atoms with Crippen LogP contribution in [0.1, 0.15) is 67.7 Å². The molecule has 2 fully saturated rings. The monoisotopic (exact) mass is 457 g/mol. The zero-order valence-electron chi connectivity index (χ0n) is 19.7. The zero-order valence-corrected chi connectivity index (χ0v) is 19.7. The molecule has 2 saturated carbocycles. The Hall–Kier alpha value is -2.01. The molecular weight excluding hydrogens is 423 g/mol. The predicted octanol–water partition coefficient (Wildman–Crippen LogP) is 6.97. The lowest BCUT2D eigenvalue weighted by molar-refractivity contribution is -0.137. The first-order valence-electron chi connectivity index (χ1n) is 12.3. The minimum atomic E-state index is -4.30. The van der Waals surface area contributed by atoms with Gasteiger partial charge in [-0.05, 0) is 96.1 Å². The van der Waals surface area contributed by atoms with E-state index in [-0.39, 0.29) is 5.41 Å². The highest BCUT2D eigenvalue weighted by molar-refractivity contribution is 5.41. The molecule has 0 amide bonds. The fourth-order valence-corrected chi connectivity index (χ4v) is 7.52. The summed E-state index contributed by atoms with van der Waals surface area (Å²) in [4.78, 5) is 0. The Morgan fingerprint density at radius 2 is 1.91 bits per heavy atom.